The summed E-state index contributed by atoms with van der Waals surface area (Å²) >= 11 is 0. The molecule has 4 saturated carbocycles. The lowest BCUT2D eigenvalue weighted by atomic mass is 9.59. The van der Waals surface area contributed by atoms with E-state index in [4.69, 9.17) is 14.0 Å². The van der Waals surface area contributed by atoms with Crippen molar-refractivity contribution in [1.82, 2.24) is 10.1 Å². The Labute approximate surface area is 201 Å². The SMILES string of the molecule is CC(C)(C)OC(=O)N1C2CCC1CC(OC(=O)c1c(C34CCC(CC3)CC4)noc1C1CC1)C2. The minimum Gasteiger partial charge on any atom is -0.458 e. The molecule has 0 N–H and O–H groups in total. The molecule has 4 bridgehead atoms. The summed E-state index contributed by atoms with van der Waals surface area (Å²) < 4.78 is 17.7. The van der Waals surface area contributed by atoms with E-state index in [1.807, 2.05) is 25.7 Å². The van der Waals surface area contributed by atoms with Crippen molar-refractivity contribution >= 4 is 12.1 Å². The van der Waals surface area contributed by atoms with Gasteiger partial charge in [-0.25, -0.2) is 9.59 Å². The standard InChI is InChI=1S/C27H38N2O5/c1-26(2,3)33-25(31)29-18-6-7-19(29)15-20(14-18)32-24(30)21-22(17-4-5-17)34-28-23(21)27-11-8-16(9-12-27)10-13-27/h16-20H,4-15H2,1-3H3. The maximum Gasteiger partial charge on any atom is 0.410 e. The van der Waals surface area contributed by atoms with E-state index in [2.05, 4.69) is 5.16 Å². The van der Waals surface area contributed by atoms with E-state index in [0.717, 1.165) is 62.3 Å². The molecular weight excluding hydrogens is 432 g/mol. The average molecular weight is 471 g/mol. The van der Waals surface area contributed by atoms with Gasteiger partial charge in [-0.2, -0.15) is 0 Å². The Morgan fingerprint density at radius 1 is 0.971 bits per heavy atom. The topological polar surface area (TPSA) is 81.9 Å². The fraction of sp³-hybridized carbons (Fsp3) is 0.815. The van der Waals surface area contributed by atoms with Crippen LogP contribution in [0.1, 0.15) is 126 Å². The van der Waals surface area contributed by atoms with Crippen LogP contribution < -0.4 is 0 Å². The van der Waals surface area contributed by atoms with E-state index in [1.54, 1.807) is 0 Å². The molecule has 6 aliphatic rings. The molecule has 0 aromatic carbocycles. The van der Waals surface area contributed by atoms with Gasteiger partial charge in [-0.1, -0.05) is 5.16 Å². The fourth-order valence-electron chi connectivity index (χ4n) is 7.14. The number of fused-ring (bicyclic) bond motifs is 5. The summed E-state index contributed by atoms with van der Waals surface area (Å²) in [5, 5.41) is 4.55. The molecule has 34 heavy (non-hydrogen) atoms. The number of hydrogen-bond acceptors (Lipinski definition) is 6. The van der Waals surface area contributed by atoms with Crippen molar-refractivity contribution in [2.24, 2.45) is 5.92 Å². The molecule has 4 aliphatic carbocycles. The van der Waals surface area contributed by atoms with Crippen LogP contribution in [-0.4, -0.2) is 45.9 Å². The van der Waals surface area contributed by atoms with Crippen molar-refractivity contribution in [3.63, 3.8) is 0 Å². The summed E-state index contributed by atoms with van der Waals surface area (Å²) in [5.41, 5.74) is 0.997. The Bertz CT molecular complexity index is 938. The molecule has 7 rings (SSSR count). The Morgan fingerprint density at radius 3 is 2.15 bits per heavy atom. The second-order valence-corrected chi connectivity index (χ2v) is 12.6. The third-order valence-electron chi connectivity index (χ3n) is 9.03. The van der Waals surface area contributed by atoms with Gasteiger partial charge in [0, 0.05) is 36.3 Å². The van der Waals surface area contributed by atoms with Crippen molar-refractivity contribution in [3.05, 3.63) is 17.0 Å². The zero-order valence-electron chi connectivity index (χ0n) is 20.8. The zero-order valence-corrected chi connectivity index (χ0v) is 20.8. The van der Waals surface area contributed by atoms with Gasteiger partial charge in [0.15, 0.2) is 5.76 Å². The van der Waals surface area contributed by atoms with Crippen LogP contribution in [0, 0.1) is 5.92 Å². The smallest absolute Gasteiger partial charge is 0.410 e. The first-order valence-electron chi connectivity index (χ1n) is 13.4. The third-order valence-corrected chi connectivity index (χ3v) is 9.03. The van der Waals surface area contributed by atoms with Crippen LogP contribution >= 0.6 is 0 Å². The van der Waals surface area contributed by atoms with Crippen LogP contribution in [0.4, 0.5) is 4.79 Å². The number of carbonyl (C=O) groups is 2. The van der Waals surface area contributed by atoms with Gasteiger partial charge in [-0.05, 0) is 90.9 Å². The van der Waals surface area contributed by atoms with Crippen molar-refractivity contribution < 1.29 is 23.6 Å². The van der Waals surface area contributed by atoms with E-state index in [0.29, 0.717) is 24.3 Å². The molecule has 7 nitrogen and oxygen atoms in total. The molecule has 2 saturated heterocycles. The highest BCUT2D eigenvalue weighted by Gasteiger charge is 2.50. The summed E-state index contributed by atoms with van der Waals surface area (Å²) in [6.45, 7) is 5.69. The first-order chi connectivity index (χ1) is 16.2. The van der Waals surface area contributed by atoms with Gasteiger partial charge in [0.05, 0.1) is 0 Å². The minimum absolute atomic E-state index is 0.0150. The van der Waals surface area contributed by atoms with Gasteiger partial charge < -0.3 is 18.9 Å². The Balaban J connectivity index is 1.20. The summed E-state index contributed by atoms with van der Waals surface area (Å²) in [7, 11) is 0. The summed E-state index contributed by atoms with van der Waals surface area (Å²) in [4.78, 5) is 28.4. The van der Waals surface area contributed by atoms with Crippen LogP contribution in [0.15, 0.2) is 4.52 Å². The lowest BCUT2D eigenvalue weighted by Crippen LogP contribution is -2.50. The number of esters is 1. The first kappa shape index (κ1) is 22.4. The third kappa shape index (κ3) is 3.93. The van der Waals surface area contributed by atoms with Gasteiger partial charge in [0.1, 0.15) is 23.0 Å². The van der Waals surface area contributed by atoms with E-state index < -0.39 is 5.60 Å². The predicted octanol–water partition coefficient (Wildman–Crippen LogP) is 5.86. The molecule has 2 unspecified atom stereocenters. The van der Waals surface area contributed by atoms with E-state index >= 15 is 0 Å². The van der Waals surface area contributed by atoms with Crippen LogP contribution in [0.2, 0.25) is 0 Å². The Kier molecular flexibility index (Phi) is 5.27. The van der Waals surface area contributed by atoms with E-state index in [1.165, 1.54) is 19.3 Å². The molecule has 1 amide bonds. The number of hydrogen-bond donors (Lipinski definition) is 0. The van der Waals surface area contributed by atoms with Crippen LogP contribution in [0.3, 0.4) is 0 Å². The van der Waals surface area contributed by atoms with Gasteiger partial charge in [-0.3, -0.25) is 0 Å². The molecular formula is C27H38N2O5. The number of amides is 1. The number of carbonyl (C=O) groups excluding carboxylic acids is 2. The molecule has 3 heterocycles. The largest absolute Gasteiger partial charge is 0.458 e. The average Bonchev–Trinajstić information content (AvgIpc) is 3.47. The molecule has 2 aliphatic heterocycles. The van der Waals surface area contributed by atoms with Crippen LogP contribution in [0.25, 0.3) is 0 Å². The fourth-order valence-corrected chi connectivity index (χ4v) is 7.14. The second kappa shape index (κ2) is 7.99. The molecule has 7 heteroatoms. The van der Waals surface area contributed by atoms with Gasteiger partial charge in [0.25, 0.3) is 0 Å². The summed E-state index contributed by atoms with van der Waals surface area (Å²) in [6, 6.07) is 0.145. The molecule has 1 aromatic rings. The van der Waals surface area contributed by atoms with Crippen LogP contribution in [0.5, 0.6) is 0 Å². The highest BCUT2D eigenvalue weighted by Crippen LogP contribution is 2.54. The number of rotatable bonds is 4. The molecule has 186 valence electrons. The molecule has 2 atom stereocenters. The maximum absolute atomic E-state index is 13.7. The molecule has 0 radical (unpaired) electrons. The lowest BCUT2D eigenvalue weighted by molar-refractivity contribution is -0.0228. The minimum atomic E-state index is -0.512. The summed E-state index contributed by atoms with van der Waals surface area (Å²) in [6.07, 6.45) is 11.9. The van der Waals surface area contributed by atoms with Gasteiger partial charge >= 0.3 is 12.1 Å². The Morgan fingerprint density at radius 2 is 1.59 bits per heavy atom. The number of aromatic nitrogens is 1. The van der Waals surface area contributed by atoms with Crippen molar-refractivity contribution in [3.8, 4) is 0 Å². The van der Waals surface area contributed by atoms with Crippen molar-refractivity contribution in [1.29, 1.82) is 0 Å². The zero-order chi connectivity index (χ0) is 23.7. The number of nitrogens with zero attached hydrogens (tertiary/aromatic N) is 2. The molecule has 6 fully saturated rings. The van der Waals surface area contributed by atoms with Gasteiger partial charge in [-0.15, -0.1) is 0 Å². The predicted molar refractivity (Wildman–Crippen MR) is 125 cm³/mol. The van der Waals surface area contributed by atoms with Crippen molar-refractivity contribution in [2.45, 2.75) is 133 Å². The maximum atomic E-state index is 13.7. The first-order valence-corrected chi connectivity index (χ1v) is 13.4. The second-order valence-electron chi connectivity index (χ2n) is 12.6. The monoisotopic (exact) mass is 470 g/mol. The summed E-state index contributed by atoms with van der Waals surface area (Å²) in [5.74, 6) is 1.66. The van der Waals surface area contributed by atoms with Crippen molar-refractivity contribution in [2.75, 3.05) is 0 Å². The van der Waals surface area contributed by atoms with Crippen LogP contribution in [-0.2, 0) is 14.9 Å². The van der Waals surface area contributed by atoms with Gasteiger partial charge in [0.2, 0.25) is 0 Å². The number of ether oxygens (including phenoxy) is 2. The van der Waals surface area contributed by atoms with E-state index in [9.17, 15) is 9.59 Å². The Hall–Kier alpha value is -2.05. The quantitative estimate of drug-likeness (QED) is 0.513. The van der Waals surface area contributed by atoms with E-state index in [-0.39, 0.29) is 35.7 Å². The highest BCUT2D eigenvalue weighted by molar-refractivity contribution is 5.92. The normalized spacial score (nSPS) is 34.9. The molecule has 1 aromatic heterocycles. The number of piperidine rings is 1. The highest BCUT2D eigenvalue weighted by atomic mass is 16.6. The molecule has 0 spiro atoms. The lowest BCUT2D eigenvalue weighted by Gasteiger charge is -2.45.